The van der Waals surface area contributed by atoms with E-state index in [9.17, 15) is 21.6 Å². The molecule has 0 bridgehead atoms. The molecule has 0 aliphatic heterocycles. The van der Waals surface area contributed by atoms with Crippen molar-refractivity contribution in [2.24, 2.45) is 5.73 Å². The molecule has 0 amide bonds. The SMILES string of the molecule is CCC(CC)(CN)NS(=O)(=O)c1ccccc1C(F)(F)F. The lowest BCUT2D eigenvalue weighted by atomic mass is 9.95. The maximum absolute atomic E-state index is 12.9. The van der Waals surface area contributed by atoms with Crippen molar-refractivity contribution in [2.75, 3.05) is 6.54 Å². The average molecular weight is 324 g/mol. The van der Waals surface area contributed by atoms with Gasteiger partial charge in [0.05, 0.1) is 10.5 Å². The number of hydrogen-bond donors (Lipinski definition) is 2. The number of nitrogens with one attached hydrogen (secondary N) is 1. The van der Waals surface area contributed by atoms with E-state index >= 15 is 0 Å². The molecule has 0 saturated heterocycles. The predicted molar refractivity (Wildman–Crippen MR) is 74.1 cm³/mol. The fourth-order valence-corrected chi connectivity index (χ4v) is 3.78. The fourth-order valence-electron chi connectivity index (χ4n) is 2.00. The zero-order chi connectivity index (χ0) is 16.3. The van der Waals surface area contributed by atoms with Gasteiger partial charge in [0, 0.05) is 12.1 Å². The Morgan fingerprint density at radius 2 is 1.67 bits per heavy atom. The van der Waals surface area contributed by atoms with Crippen molar-refractivity contribution in [3.05, 3.63) is 29.8 Å². The minimum absolute atomic E-state index is 0.00736. The molecule has 0 unspecified atom stereocenters. The molecule has 21 heavy (non-hydrogen) atoms. The van der Waals surface area contributed by atoms with E-state index in [0.717, 1.165) is 18.2 Å². The minimum atomic E-state index is -4.74. The van der Waals surface area contributed by atoms with Crippen LogP contribution < -0.4 is 10.5 Å². The van der Waals surface area contributed by atoms with Gasteiger partial charge in [-0.1, -0.05) is 26.0 Å². The first kappa shape index (κ1) is 17.9. The molecule has 0 spiro atoms. The van der Waals surface area contributed by atoms with E-state index in [0.29, 0.717) is 12.8 Å². The van der Waals surface area contributed by atoms with Crippen LogP contribution in [0.4, 0.5) is 13.2 Å². The monoisotopic (exact) mass is 324 g/mol. The molecule has 8 heteroatoms. The molecule has 0 radical (unpaired) electrons. The summed E-state index contributed by atoms with van der Waals surface area (Å²) in [5, 5.41) is 0. The Morgan fingerprint density at radius 3 is 2.10 bits per heavy atom. The topological polar surface area (TPSA) is 72.2 Å². The lowest BCUT2D eigenvalue weighted by molar-refractivity contribution is -0.139. The number of benzene rings is 1. The normalized spacial score (nSPS) is 13.4. The second kappa shape index (κ2) is 6.33. The minimum Gasteiger partial charge on any atom is -0.329 e. The van der Waals surface area contributed by atoms with Gasteiger partial charge in [-0.3, -0.25) is 0 Å². The average Bonchev–Trinajstić information content (AvgIpc) is 2.44. The number of halogens is 3. The highest BCUT2D eigenvalue weighted by Crippen LogP contribution is 2.34. The highest BCUT2D eigenvalue weighted by Gasteiger charge is 2.39. The summed E-state index contributed by atoms with van der Waals surface area (Å²) in [5.74, 6) is 0. The second-order valence-corrected chi connectivity index (χ2v) is 6.44. The first-order valence-electron chi connectivity index (χ1n) is 6.52. The third-order valence-electron chi connectivity index (χ3n) is 3.58. The molecule has 0 aliphatic carbocycles. The Morgan fingerprint density at radius 1 is 1.14 bits per heavy atom. The van der Waals surface area contributed by atoms with Gasteiger partial charge in [0.2, 0.25) is 10.0 Å². The molecule has 0 heterocycles. The Hall–Kier alpha value is -1.12. The van der Waals surface area contributed by atoms with Crippen molar-refractivity contribution in [1.29, 1.82) is 0 Å². The molecule has 1 rings (SSSR count). The molecule has 4 nitrogen and oxygen atoms in total. The summed E-state index contributed by atoms with van der Waals surface area (Å²) in [6.07, 6.45) is -3.98. The van der Waals surface area contributed by atoms with E-state index in [2.05, 4.69) is 4.72 Å². The maximum atomic E-state index is 12.9. The summed E-state index contributed by atoms with van der Waals surface area (Å²) in [5.41, 5.74) is 3.46. The van der Waals surface area contributed by atoms with Crippen LogP contribution in [0.5, 0.6) is 0 Å². The van der Waals surface area contributed by atoms with Gasteiger partial charge >= 0.3 is 6.18 Å². The zero-order valence-electron chi connectivity index (χ0n) is 11.9. The Bertz CT molecular complexity index is 573. The summed E-state index contributed by atoms with van der Waals surface area (Å²) in [6, 6.07) is 4.10. The standard InChI is InChI=1S/C13H19F3N2O2S/c1-3-12(4-2,9-17)18-21(19,20)11-8-6-5-7-10(11)13(14,15)16/h5-8,18H,3-4,9,17H2,1-2H3. The molecular formula is C13H19F3N2O2S. The van der Waals surface area contributed by atoms with E-state index in [1.54, 1.807) is 13.8 Å². The third-order valence-corrected chi connectivity index (χ3v) is 5.21. The van der Waals surface area contributed by atoms with Crippen LogP contribution in [0.15, 0.2) is 29.2 Å². The van der Waals surface area contributed by atoms with Crippen LogP contribution in [0, 0.1) is 0 Å². The van der Waals surface area contributed by atoms with E-state index < -0.39 is 32.2 Å². The molecule has 0 fully saturated rings. The van der Waals surface area contributed by atoms with Gasteiger partial charge in [-0.05, 0) is 25.0 Å². The summed E-state index contributed by atoms with van der Waals surface area (Å²) in [6.45, 7) is 3.47. The van der Waals surface area contributed by atoms with Crippen LogP contribution in [0.3, 0.4) is 0 Å². The van der Waals surface area contributed by atoms with Gasteiger partial charge in [0.25, 0.3) is 0 Å². The Kier molecular flexibility index (Phi) is 5.40. The van der Waals surface area contributed by atoms with E-state index in [4.69, 9.17) is 5.73 Å². The second-order valence-electron chi connectivity index (χ2n) is 4.79. The summed E-state index contributed by atoms with van der Waals surface area (Å²) >= 11 is 0. The van der Waals surface area contributed by atoms with Gasteiger partial charge in [0.15, 0.2) is 0 Å². The van der Waals surface area contributed by atoms with Crippen molar-refractivity contribution in [3.63, 3.8) is 0 Å². The predicted octanol–water partition coefficient (Wildman–Crippen LogP) is 2.50. The maximum Gasteiger partial charge on any atom is 0.417 e. The number of alkyl halides is 3. The molecule has 1 aromatic carbocycles. The smallest absolute Gasteiger partial charge is 0.329 e. The molecule has 120 valence electrons. The highest BCUT2D eigenvalue weighted by molar-refractivity contribution is 7.89. The highest BCUT2D eigenvalue weighted by atomic mass is 32.2. The summed E-state index contributed by atoms with van der Waals surface area (Å²) in [7, 11) is -4.32. The first-order chi connectivity index (χ1) is 9.62. The summed E-state index contributed by atoms with van der Waals surface area (Å²) in [4.78, 5) is -0.780. The largest absolute Gasteiger partial charge is 0.417 e. The lowest BCUT2D eigenvalue weighted by Crippen LogP contribution is -2.52. The molecule has 0 aliphatic rings. The van der Waals surface area contributed by atoms with Gasteiger partial charge in [0.1, 0.15) is 0 Å². The Balaban J connectivity index is 3.33. The van der Waals surface area contributed by atoms with Crippen molar-refractivity contribution in [2.45, 2.75) is 43.3 Å². The molecule has 0 atom stereocenters. The molecule has 0 aromatic heterocycles. The van der Waals surface area contributed by atoms with E-state index in [1.165, 1.54) is 6.07 Å². The van der Waals surface area contributed by atoms with E-state index in [1.807, 2.05) is 0 Å². The van der Waals surface area contributed by atoms with Crippen LogP contribution in [0.25, 0.3) is 0 Å². The Labute approximate surface area is 122 Å². The van der Waals surface area contributed by atoms with Crippen molar-refractivity contribution in [3.8, 4) is 0 Å². The van der Waals surface area contributed by atoms with Crippen LogP contribution in [-0.2, 0) is 16.2 Å². The van der Waals surface area contributed by atoms with Crippen LogP contribution in [-0.4, -0.2) is 20.5 Å². The summed E-state index contributed by atoms with van der Waals surface area (Å²) < 4.78 is 65.8. The van der Waals surface area contributed by atoms with Crippen molar-refractivity contribution < 1.29 is 21.6 Å². The van der Waals surface area contributed by atoms with Gasteiger partial charge in [-0.2, -0.15) is 13.2 Å². The number of sulfonamides is 1. The number of nitrogens with two attached hydrogens (primary N) is 1. The lowest BCUT2D eigenvalue weighted by Gasteiger charge is -2.31. The molecule has 3 N–H and O–H groups in total. The van der Waals surface area contributed by atoms with Gasteiger partial charge in [-0.25, -0.2) is 13.1 Å². The quantitative estimate of drug-likeness (QED) is 0.844. The van der Waals surface area contributed by atoms with Crippen molar-refractivity contribution >= 4 is 10.0 Å². The van der Waals surface area contributed by atoms with E-state index in [-0.39, 0.29) is 6.54 Å². The zero-order valence-corrected chi connectivity index (χ0v) is 12.7. The van der Waals surface area contributed by atoms with Crippen LogP contribution >= 0.6 is 0 Å². The van der Waals surface area contributed by atoms with Crippen LogP contribution in [0.1, 0.15) is 32.3 Å². The van der Waals surface area contributed by atoms with Gasteiger partial charge in [-0.15, -0.1) is 0 Å². The molecule has 0 saturated carbocycles. The van der Waals surface area contributed by atoms with Crippen LogP contribution in [0.2, 0.25) is 0 Å². The number of hydrogen-bond acceptors (Lipinski definition) is 3. The number of rotatable bonds is 6. The molecular weight excluding hydrogens is 305 g/mol. The fraction of sp³-hybridized carbons (Fsp3) is 0.538. The van der Waals surface area contributed by atoms with Gasteiger partial charge < -0.3 is 5.73 Å². The van der Waals surface area contributed by atoms with Crippen molar-refractivity contribution in [1.82, 2.24) is 4.72 Å². The molecule has 1 aromatic rings. The first-order valence-corrected chi connectivity index (χ1v) is 8.00. The third kappa shape index (κ3) is 3.96.